The van der Waals surface area contributed by atoms with Crippen LogP contribution in [0.25, 0.3) is 0 Å². The fourth-order valence-corrected chi connectivity index (χ4v) is 3.86. The molecule has 0 saturated heterocycles. The van der Waals surface area contributed by atoms with Crippen molar-refractivity contribution in [3.8, 4) is 0 Å². The molecule has 2 rings (SSSR count). The molecule has 0 fully saturated rings. The Labute approximate surface area is 146 Å². The summed E-state index contributed by atoms with van der Waals surface area (Å²) >= 11 is 8.07. The van der Waals surface area contributed by atoms with Crippen LogP contribution in [0, 0.1) is 3.57 Å². The zero-order chi connectivity index (χ0) is 16.3. The van der Waals surface area contributed by atoms with Crippen LogP contribution in [0.1, 0.15) is 10.4 Å². The number of rotatable bonds is 4. The summed E-state index contributed by atoms with van der Waals surface area (Å²) in [6.45, 7) is 0. The minimum absolute atomic E-state index is 0.0546. The molecular formula is C14H11ClINO4S. The van der Waals surface area contributed by atoms with Crippen molar-refractivity contribution >= 4 is 55.9 Å². The highest BCUT2D eigenvalue weighted by Gasteiger charge is 2.20. The van der Waals surface area contributed by atoms with E-state index < -0.39 is 16.0 Å². The SMILES string of the molecule is COC(=O)c1ccc(S(=O)(=O)Nc2cccc(I)c2)c(Cl)c1. The van der Waals surface area contributed by atoms with Gasteiger partial charge in [-0.3, -0.25) is 4.72 Å². The van der Waals surface area contributed by atoms with Gasteiger partial charge in [0.05, 0.1) is 17.7 Å². The van der Waals surface area contributed by atoms with Gasteiger partial charge in [-0.2, -0.15) is 0 Å². The molecule has 0 radical (unpaired) electrons. The lowest BCUT2D eigenvalue weighted by molar-refractivity contribution is 0.0600. The summed E-state index contributed by atoms with van der Waals surface area (Å²) in [5, 5.41) is -0.0546. The third-order valence-corrected chi connectivity index (χ3v) is 5.25. The lowest BCUT2D eigenvalue weighted by Crippen LogP contribution is -2.14. The zero-order valence-corrected chi connectivity index (χ0v) is 15.1. The molecule has 0 aliphatic heterocycles. The molecule has 0 bridgehead atoms. The molecule has 0 aliphatic carbocycles. The summed E-state index contributed by atoms with van der Waals surface area (Å²) in [6.07, 6.45) is 0. The van der Waals surface area contributed by atoms with Crippen LogP contribution in [0.5, 0.6) is 0 Å². The molecule has 8 heteroatoms. The van der Waals surface area contributed by atoms with Crippen LogP contribution >= 0.6 is 34.2 Å². The first-order valence-corrected chi connectivity index (χ1v) is 8.94. The number of sulfonamides is 1. The largest absolute Gasteiger partial charge is 0.465 e. The molecular weight excluding hydrogens is 441 g/mol. The van der Waals surface area contributed by atoms with Crippen molar-refractivity contribution in [1.29, 1.82) is 0 Å². The number of esters is 1. The highest BCUT2D eigenvalue weighted by Crippen LogP contribution is 2.25. The monoisotopic (exact) mass is 451 g/mol. The Hall–Kier alpha value is -1.32. The van der Waals surface area contributed by atoms with Crippen LogP contribution in [0.4, 0.5) is 5.69 Å². The maximum atomic E-state index is 12.4. The minimum atomic E-state index is -3.85. The van der Waals surface area contributed by atoms with Crippen molar-refractivity contribution in [3.63, 3.8) is 0 Å². The van der Waals surface area contributed by atoms with Crippen molar-refractivity contribution in [3.05, 3.63) is 56.6 Å². The average molecular weight is 452 g/mol. The van der Waals surface area contributed by atoms with E-state index in [-0.39, 0.29) is 15.5 Å². The first-order chi connectivity index (χ1) is 10.3. The van der Waals surface area contributed by atoms with E-state index in [1.165, 1.54) is 25.3 Å². The smallest absolute Gasteiger partial charge is 0.337 e. The third kappa shape index (κ3) is 3.90. The quantitative estimate of drug-likeness (QED) is 0.570. The van der Waals surface area contributed by atoms with E-state index in [0.717, 1.165) is 3.57 Å². The predicted molar refractivity (Wildman–Crippen MR) is 92.8 cm³/mol. The molecule has 5 nitrogen and oxygen atoms in total. The van der Waals surface area contributed by atoms with Gasteiger partial charge in [0.15, 0.2) is 0 Å². The van der Waals surface area contributed by atoms with E-state index in [1.54, 1.807) is 18.2 Å². The summed E-state index contributed by atoms with van der Waals surface area (Å²) in [4.78, 5) is 11.3. The summed E-state index contributed by atoms with van der Waals surface area (Å²) < 4.78 is 32.6. The molecule has 0 unspecified atom stereocenters. The number of halogens is 2. The van der Waals surface area contributed by atoms with Gasteiger partial charge < -0.3 is 4.74 Å². The third-order valence-electron chi connectivity index (χ3n) is 2.72. The van der Waals surface area contributed by atoms with Crippen LogP contribution in [-0.2, 0) is 14.8 Å². The number of hydrogen-bond acceptors (Lipinski definition) is 4. The fraction of sp³-hybridized carbons (Fsp3) is 0.0714. The summed E-state index contributed by atoms with van der Waals surface area (Å²) in [5.41, 5.74) is 0.612. The second-order valence-corrected chi connectivity index (χ2v) is 7.56. The van der Waals surface area contributed by atoms with Crippen molar-refractivity contribution in [1.82, 2.24) is 0 Å². The highest BCUT2D eigenvalue weighted by molar-refractivity contribution is 14.1. The van der Waals surface area contributed by atoms with Gasteiger partial charge in [-0.05, 0) is 59.0 Å². The van der Waals surface area contributed by atoms with Crippen molar-refractivity contribution in [2.45, 2.75) is 4.90 Å². The van der Waals surface area contributed by atoms with E-state index in [4.69, 9.17) is 11.6 Å². The molecule has 22 heavy (non-hydrogen) atoms. The standard InChI is InChI=1S/C14H11ClINO4S/c1-21-14(18)9-5-6-13(12(15)7-9)22(19,20)17-11-4-2-3-10(16)8-11/h2-8,17H,1H3. The Bertz CT molecular complexity index is 823. The molecule has 0 amide bonds. The van der Waals surface area contributed by atoms with E-state index >= 15 is 0 Å². The topological polar surface area (TPSA) is 72.5 Å². The number of ether oxygens (including phenoxy) is 1. The first-order valence-electron chi connectivity index (χ1n) is 6.00. The molecule has 0 atom stereocenters. The number of nitrogens with one attached hydrogen (secondary N) is 1. The van der Waals surface area contributed by atoms with Gasteiger partial charge in [0.2, 0.25) is 0 Å². The molecule has 2 aromatic carbocycles. The van der Waals surface area contributed by atoms with E-state index in [1.807, 2.05) is 6.07 Å². The lowest BCUT2D eigenvalue weighted by Gasteiger charge is -2.10. The molecule has 0 aromatic heterocycles. The molecule has 0 aliphatic rings. The molecule has 0 saturated carbocycles. The zero-order valence-electron chi connectivity index (χ0n) is 11.3. The number of carbonyl (C=O) groups excluding carboxylic acids is 1. The second kappa shape index (κ2) is 6.84. The normalized spacial score (nSPS) is 11.0. The van der Waals surface area contributed by atoms with E-state index in [9.17, 15) is 13.2 Å². The Kier molecular flexibility index (Phi) is 5.30. The number of hydrogen-bond donors (Lipinski definition) is 1. The number of methoxy groups -OCH3 is 1. The van der Waals surface area contributed by atoms with Gasteiger partial charge in [0, 0.05) is 9.26 Å². The maximum absolute atomic E-state index is 12.4. The van der Waals surface area contributed by atoms with Gasteiger partial charge >= 0.3 is 5.97 Å². The predicted octanol–water partition coefficient (Wildman–Crippen LogP) is 3.53. The van der Waals surface area contributed by atoms with E-state index in [0.29, 0.717) is 5.69 Å². The Balaban J connectivity index is 2.35. The van der Waals surface area contributed by atoms with E-state index in [2.05, 4.69) is 32.0 Å². The summed E-state index contributed by atoms with van der Waals surface area (Å²) in [5.74, 6) is -0.587. The van der Waals surface area contributed by atoms with Crippen LogP contribution in [-0.4, -0.2) is 21.5 Å². The minimum Gasteiger partial charge on any atom is -0.465 e. The molecule has 0 spiro atoms. The van der Waals surface area contributed by atoms with Crippen LogP contribution in [0.15, 0.2) is 47.4 Å². The van der Waals surface area contributed by atoms with Crippen LogP contribution in [0.3, 0.4) is 0 Å². The average Bonchev–Trinajstić information content (AvgIpc) is 2.45. The fourth-order valence-electron chi connectivity index (χ4n) is 1.73. The van der Waals surface area contributed by atoms with Crippen LogP contribution < -0.4 is 4.72 Å². The molecule has 2 aromatic rings. The Morgan fingerprint density at radius 3 is 2.55 bits per heavy atom. The summed E-state index contributed by atoms with van der Waals surface area (Å²) in [7, 11) is -2.61. The molecule has 0 heterocycles. The molecule has 1 N–H and O–H groups in total. The van der Waals surface area contributed by atoms with Gasteiger partial charge in [-0.15, -0.1) is 0 Å². The highest BCUT2D eigenvalue weighted by atomic mass is 127. The van der Waals surface area contributed by atoms with Crippen molar-refractivity contribution in [2.75, 3.05) is 11.8 Å². The van der Waals surface area contributed by atoms with Gasteiger partial charge in [0.1, 0.15) is 4.90 Å². The Morgan fingerprint density at radius 2 is 1.95 bits per heavy atom. The van der Waals surface area contributed by atoms with Gasteiger partial charge in [-0.25, -0.2) is 13.2 Å². The Morgan fingerprint density at radius 1 is 1.23 bits per heavy atom. The maximum Gasteiger partial charge on any atom is 0.337 e. The lowest BCUT2D eigenvalue weighted by atomic mass is 10.2. The van der Waals surface area contributed by atoms with Crippen LogP contribution in [0.2, 0.25) is 5.02 Å². The van der Waals surface area contributed by atoms with Gasteiger partial charge in [-0.1, -0.05) is 17.7 Å². The van der Waals surface area contributed by atoms with Gasteiger partial charge in [0.25, 0.3) is 10.0 Å². The number of benzene rings is 2. The van der Waals surface area contributed by atoms with Crippen molar-refractivity contribution in [2.24, 2.45) is 0 Å². The second-order valence-electron chi connectivity index (χ2n) is 4.25. The first kappa shape index (κ1) is 17.0. The van der Waals surface area contributed by atoms with Crippen molar-refractivity contribution < 1.29 is 17.9 Å². The number of carbonyl (C=O) groups is 1. The summed E-state index contributed by atoms with van der Waals surface area (Å²) in [6, 6.07) is 10.8. The number of anilines is 1. The molecule has 116 valence electrons.